The molecule has 0 radical (unpaired) electrons. The van der Waals surface area contributed by atoms with E-state index in [1.807, 2.05) is 33.3 Å². The molecule has 0 spiro atoms. The molecule has 0 saturated heterocycles. The van der Waals surface area contributed by atoms with Crippen molar-refractivity contribution in [2.45, 2.75) is 341 Å². The second-order valence-electron chi connectivity index (χ2n) is 25.7. The number of nitrogens with one attached hydrogen (secondary N) is 1. The summed E-state index contributed by atoms with van der Waals surface area (Å²) in [4.78, 5) is 37.9. The van der Waals surface area contributed by atoms with Gasteiger partial charge in [0.05, 0.1) is 33.8 Å². The number of ether oxygens (including phenoxy) is 1. The van der Waals surface area contributed by atoms with Gasteiger partial charge in [0.1, 0.15) is 19.3 Å². The number of carbonyl (C=O) groups excluding carboxylic acids is 2. The highest BCUT2D eigenvalue weighted by Crippen LogP contribution is 2.43. The van der Waals surface area contributed by atoms with Crippen LogP contribution in [0.4, 0.5) is 0 Å². The summed E-state index contributed by atoms with van der Waals surface area (Å²) in [5.41, 5.74) is 0. The van der Waals surface area contributed by atoms with Crippen molar-refractivity contribution in [2.24, 2.45) is 0 Å². The monoisotopic (exact) mass is 1240 g/mol. The summed E-state index contributed by atoms with van der Waals surface area (Å²) in [6.45, 7) is 6.90. The summed E-state index contributed by atoms with van der Waals surface area (Å²) in [7, 11) is 1.48. The van der Waals surface area contributed by atoms with Gasteiger partial charge in [0, 0.05) is 12.8 Å². The number of unbranched alkanes of at least 4 members (excludes halogenated alkanes) is 36. The van der Waals surface area contributed by atoms with E-state index in [1.54, 1.807) is 0 Å². The fourth-order valence-electron chi connectivity index (χ4n) is 10.4. The molecule has 0 heterocycles. The van der Waals surface area contributed by atoms with Crippen molar-refractivity contribution < 1.29 is 37.3 Å². The Morgan fingerprint density at radius 2 is 0.736 bits per heavy atom. The second kappa shape index (κ2) is 65.9. The molecule has 87 heavy (non-hydrogen) atoms. The van der Waals surface area contributed by atoms with E-state index in [0.29, 0.717) is 17.4 Å². The molecular weight excluding hydrogens is 1100 g/mol. The molecule has 0 aromatic rings. The van der Waals surface area contributed by atoms with Crippen LogP contribution in [0.2, 0.25) is 0 Å². The molecule has 504 valence electrons. The normalized spacial score (nSPS) is 14.1. The van der Waals surface area contributed by atoms with Gasteiger partial charge in [-0.2, -0.15) is 0 Å². The molecule has 1 amide bonds. The van der Waals surface area contributed by atoms with Crippen LogP contribution in [0.3, 0.4) is 0 Å². The first-order chi connectivity index (χ1) is 42.4. The maximum atomic E-state index is 13.6. The largest absolute Gasteiger partial charge is 0.472 e. The first-order valence-electron chi connectivity index (χ1n) is 36.6. The van der Waals surface area contributed by atoms with E-state index in [9.17, 15) is 19.0 Å². The first kappa shape index (κ1) is 83.9. The Morgan fingerprint density at radius 1 is 0.414 bits per heavy atom. The molecule has 3 unspecified atom stereocenters. The van der Waals surface area contributed by atoms with Gasteiger partial charge >= 0.3 is 13.8 Å². The zero-order valence-corrected chi connectivity index (χ0v) is 58.6. The molecule has 0 aliphatic rings. The summed E-state index contributed by atoms with van der Waals surface area (Å²) in [5, 5.41) is 3.06. The maximum absolute atomic E-state index is 13.6. The lowest BCUT2D eigenvalue weighted by Crippen LogP contribution is -2.47. The van der Waals surface area contributed by atoms with Crippen LogP contribution in [-0.2, 0) is 27.9 Å². The Hall–Kier alpha value is -3.07. The van der Waals surface area contributed by atoms with E-state index in [0.717, 1.165) is 122 Å². The molecule has 9 nitrogen and oxygen atoms in total. The fourth-order valence-corrected chi connectivity index (χ4v) is 11.1. The van der Waals surface area contributed by atoms with Crippen molar-refractivity contribution in [3.63, 3.8) is 0 Å². The Morgan fingerprint density at radius 3 is 1.11 bits per heavy atom. The number of likely N-dealkylation sites (N-methyl/N-ethyl adjacent to an activating group) is 1. The summed E-state index contributed by atoms with van der Waals surface area (Å²) in [6, 6.07) is -0.862. The molecule has 0 rings (SSSR count). The highest BCUT2D eigenvalue weighted by molar-refractivity contribution is 7.47. The van der Waals surface area contributed by atoms with E-state index in [1.165, 1.54) is 173 Å². The molecule has 3 atom stereocenters. The smallest absolute Gasteiger partial charge is 0.456 e. The lowest BCUT2D eigenvalue weighted by atomic mass is 10.0. The van der Waals surface area contributed by atoms with Gasteiger partial charge in [-0.3, -0.25) is 18.6 Å². The van der Waals surface area contributed by atoms with E-state index in [4.69, 9.17) is 13.8 Å². The van der Waals surface area contributed by atoms with E-state index in [-0.39, 0.29) is 31.5 Å². The van der Waals surface area contributed by atoms with Gasteiger partial charge in [0.25, 0.3) is 0 Å². The number of allylic oxidation sites excluding steroid dienone is 15. The van der Waals surface area contributed by atoms with Gasteiger partial charge < -0.3 is 19.4 Å². The topological polar surface area (TPSA) is 111 Å². The maximum Gasteiger partial charge on any atom is 0.472 e. The van der Waals surface area contributed by atoms with Crippen LogP contribution in [0.1, 0.15) is 329 Å². The number of amides is 1. The van der Waals surface area contributed by atoms with Crippen molar-refractivity contribution in [3.8, 4) is 0 Å². The quantitative estimate of drug-likeness (QED) is 0.0205. The highest BCUT2D eigenvalue weighted by Gasteiger charge is 2.30. The van der Waals surface area contributed by atoms with E-state index in [2.05, 4.69) is 111 Å². The third kappa shape index (κ3) is 67.2. The summed E-state index contributed by atoms with van der Waals surface area (Å²) in [5.74, 6) is -0.517. The Labute approximate surface area is 538 Å². The average Bonchev–Trinajstić information content (AvgIpc) is 3.70. The number of rotatable bonds is 66. The molecule has 10 heteroatoms. The predicted octanol–water partition coefficient (Wildman–Crippen LogP) is 23.5. The number of hydrogen-bond donors (Lipinski definition) is 2. The third-order valence-corrected chi connectivity index (χ3v) is 17.0. The Kier molecular flexibility index (Phi) is 63.5. The number of quaternary nitrogens is 1. The van der Waals surface area contributed by atoms with E-state index >= 15 is 0 Å². The third-order valence-electron chi connectivity index (χ3n) is 16.0. The van der Waals surface area contributed by atoms with Crippen molar-refractivity contribution in [3.05, 3.63) is 97.2 Å². The molecule has 0 aliphatic carbocycles. The molecule has 2 N–H and O–H groups in total. The van der Waals surface area contributed by atoms with Crippen LogP contribution in [0.5, 0.6) is 0 Å². The number of hydrogen-bond acceptors (Lipinski definition) is 6. The standard InChI is InChI=1S/C77H139N2O7P/c1-7-10-13-16-19-22-25-27-29-31-33-35-37-39-41-43-45-47-49-51-54-57-60-63-66-69-76(80)78-74(73-85-87(82,83)84-72-71-79(4,5)6)75(68-65-62-59-56-53-24-21-18-15-12-9-3)86-77(81)70-67-64-61-58-55-52-50-48-46-44-42-40-38-36-34-32-30-28-26-23-20-17-14-11-8-2/h10,13,19,22,27-30,33,35,39,41,45,47,65,68,74-75H,7-9,11-12,14-18,20-21,23-26,31-32,34,36-38,40,42-44,46,48-64,66-67,69-73H2,1-6H3,(H-,78,80,82,83)/p+1/b13-10-,22-19-,29-27-,30-28+,35-33-,41-39-,47-45-,68-65+. The lowest BCUT2D eigenvalue weighted by molar-refractivity contribution is -0.870. The van der Waals surface area contributed by atoms with Crippen LogP contribution in [0.15, 0.2) is 97.2 Å². The minimum absolute atomic E-state index is 0.0339. The van der Waals surface area contributed by atoms with Crippen LogP contribution < -0.4 is 5.32 Å². The Balaban J connectivity index is 5.02. The zero-order chi connectivity index (χ0) is 63.5. The van der Waals surface area contributed by atoms with Gasteiger partial charge in [-0.05, 0) is 109 Å². The predicted molar refractivity (Wildman–Crippen MR) is 378 cm³/mol. The highest BCUT2D eigenvalue weighted by atomic mass is 31.2. The van der Waals surface area contributed by atoms with Gasteiger partial charge in [-0.15, -0.1) is 0 Å². The van der Waals surface area contributed by atoms with Crippen molar-refractivity contribution >= 4 is 19.7 Å². The minimum atomic E-state index is -4.46. The Bertz CT molecular complexity index is 1810. The van der Waals surface area contributed by atoms with Crippen molar-refractivity contribution in [2.75, 3.05) is 40.9 Å². The molecule has 0 aromatic carbocycles. The number of nitrogens with zero attached hydrogens (tertiary/aromatic N) is 1. The number of phosphoric acid groups is 1. The van der Waals surface area contributed by atoms with Crippen LogP contribution in [0.25, 0.3) is 0 Å². The van der Waals surface area contributed by atoms with E-state index < -0.39 is 20.0 Å². The van der Waals surface area contributed by atoms with Gasteiger partial charge in [-0.1, -0.05) is 305 Å². The van der Waals surface area contributed by atoms with Crippen LogP contribution in [0, 0.1) is 0 Å². The SMILES string of the molecule is CC/C=C\C/C=C\C/C=C\C/C=C\C/C=C\C/C=C\CCCCCCCCC(=O)NC(COP(=O)(O)OCC[N+](C)(C)C)C(/C=C/CCCCCCCCCCC)OC(=O)CCCCCCCCCCCCCCCCC/C=C/CCCCCCCC. The van der Waals surface area contributed by atoms with Crippen molar-refractivity contribution in [1.82, 2.24) is 5.32 Å². The van der Waals surface area contributed by atoms with Crippen LogP contribution >= 0.6 is 7.82 Å². The summed E-state index contributed by atoms with van der Waals surface area (Å²) >= 11 is 0. The van der Waals surface area contributed by atoms with Gasteiger partial charge in [-0.25, -0.2) is 4.57 Å². The number of phosphoric ester groups is 1. The average molecular weight is 1240 g/mol. The number of esters is 1. The molecule has 0 aliphatic heterocycles. The zero-order valence-electron chi connectivity index (χ0n) is 57.7. The van der Waals surface area contributed by atoms with Gasteiger partial charge in [0.2, 0.25) is 5.91 Å². The molecule has 0 aromatic heterocycles. The summed E-state index contributed by atoms with van der Waals surface area (Å²) < 4.78 is 30.8. The van der Waals surface area contributed by atoms with Gasteiger partial charge in [0.15, 0.2) is 0 Å². The summed E-state index contributed by atoms with van der Waals surface area (Å²) in [6.07, 6.45) is 90.0. The minimum Gasteiger partial charge on any atom is -0.456 e. The lowest BCUT2D eigenvalue weighted by Gasteiger charge is -2.27. The molecule has 0 fully saturated rings. The number of carbonyl (C=O) groups is 2. The fraction of sp³-hybridized carbons (Fsp3) is 0.766. The van der Waals surface area contributed by atoms with Crippen molar-refractivity contribution in [1.29, 1.82) is 0 Å². The van der Waals surface area contributed by atoms with Crippen LogP contribution in [-0.4, -0.2) is 74.3 Å². The molecule has 0 saturated carbocycles. The molecular formula is C77H140N2O7P+. The second-order valence-corrected chi connectivity index (χ2v) is 27.2. The molecule has 0 bridgehead atoms. The first-order valence-corrected chi connectivity index (χ1v) is 38.1.